The number of hydrogen-bond donors (Lipinski definition) is 1. The van der Waals surface area contributed by atoms with Gasteiger partial charge in [0, 0.05) is 24.7 Å². The third-order valence-electron chi connectivity index (χ3n) is 9.75. The molecule has 2 heterocycles. The Bertz CT molecular complexity index is 691. The summed E-state index contributed by atoms with van der Waals surface area (Å²) in [4.78, 5) is 0. The smallest absolute Gasteiger partial charge is 0.174 e. The van der Waals surface area contributed by atoms with Gasteiger partial charge in [-0.3, -0.25) is 0 Å². The van der Waals surface area contributed by atoms with Crippen molar-refractivity contribution < 1.29 is 24.1 Å². The second-order valence-electron chi connectivity index (χ2n) is 10.6. The highest BCUT2D eigenvalue weighted by Crippen LogP contribution is 2.69. The van der Waals surface area contributed by atoms with Gasteiger partial charge in [0.1, 0.15) is 0 Å². The van der Waals surface area contributed by atoms with E-state index in [2.05, 4.69) is 19.9 Å². The van der Waals surface area contributed by atoms with E-state index in [4.69, 9.17) is 18.9 Å². The first kappa shape index (κ1) is 18.3. The van der Waals surface area contributed by atoms with Crippen LogP contribution >= 0.6 is 0 Å². The molecule has 5 nitrogen and oxygen atoms in total. The van der Waals surface area contributed by atoms with Gasteiger partial charge in [0.2, 0.25) is 0 Å². The maximum Gasteiger partial charge on any atom is 0.174 e. The molecule has 6 aliphatic rings. The van der Waals surface area contributed by atoms with Gasteiger partial charge in [0.25, 0.3) is 0 Å². The largest absolute Gasteiger partial charge is 0.389 e. The standard InChI is InChI=1S/C23H34O5/c1-20-7-8-22(25-9-10-26-22)14-15(20)13-18(24)19-16(20)3-5-21(2)17(19)4-6-23(21)27-11-12-28-23/h13,16-19,24H,3-12,14H2,1-2H3/t16?,17?,18-,19?,20-,21-/m0/s1. The van der Waals surface area contributed by atoms with Crippen molar-refractivity contribution in [2.24, 2.45) is 28.6 Å². The lowest BCUT2D eigenvalue weighted by molar-refractivity contribution is -0.248. The molecule has 0 aromatic carbocycles. The molecule has 0 radical (unpaired) electrons. The Balaban J connectivity index is 1.35. The van der Waals surface area contributed by atoms with Crippen molar-refractivity contribution in [2.45, 2.75) is 76.5 Å². The topological polar surface area (TPSA) is 57.2 Å². The van der Waals surface area contributed by atoms with Gasteiger partial charge in [0.05, 0.1) is 32.5 Å². The van der Waals surface area contributed by atoms with Crippen molar-refractivity contribution >= 4 is 0 Å². The van der Waals surface area contributed by atoms with E-state index >= 15 is 0 Å². The van der Waals surface area contributed by atoms with Crippen molar-refractivity contribution in [1.82, 2.24) is 0 Å². The molecule has 156 valence electrons. The van der Waals surface area contributed by atoms with Gasteiger partial charge in [-0.15, -0.1) is 0 Å². The minimum atomic E-state index is -0.427. The van der Waals surface area contributed by atoms with Crippen LogP contribution in [0.1, 0.15) is 58.8 Å². The molecule has 1 N–H and O–H groups in total. The Kier molecular flexibility index (Phi) is 3.81. The Morgan fingerprint density at radius 2 is 1.54 bits per heavy atom. The molecule has 3 saturated carbocycles. The predicted molar refractivity (Wildman–Crippen MR) is 102 cm³/mol. The van der Waals surface area contributed by atoms with E-state index in [9.17, 15) is 5.11 Å². The number of aliphatic hydroxyl groups excluding tert-OH is 1. The van der Waals surface area contributed by atoms with Crippen LogP contribution < -0.4 is 0 Å². The molecule has 2 spiro atoms. The first-order valence-corrected chi connectivity index (χ1v) is 11.4. The lowest BCUT2D eigenvalue weighted by atomic mass is 9.47. The minimum absolute atomic E-state index is 0.0148. The van der Waals surface area contributed by atoms with Gasteiger partial charge < -0.3 is 24.1 Å². The second-order valence-corrected chi connectivity index (χ2v) is 10.6. The van der Waals surface area contributed by atoms with Crippen LogP contribution in [-0.2, 0) is 18.9 Å². The summed E-state index contributed by atoms with van der Waals surface area (Å²) >= 11 is 0. The van der Waals surface area contributed by atoms with Crippen molar-refractivity contribution in [1.29, 1.82) is 0 Å². The van der Waals surface area contributed by atoms with Crippen LogP contribution in [0.5, 0.6) is 0 Å². The number of hydrogen-bond acceptors (Lipinski definition) is 5. The number of fused-ring (bicyclic) bond motifs is 6. The van der Waals surface area contributed by atoms with Crippen LogP contribution in [0.2, 0.25) is 0 Å². The molecule has 5 heteroatoms. The van der Waals surface area contributed by atoms with E-state index < -0.39 is 11.6 Å². The van der Waals surface area contributed by atoms with E-state index in [1.807, 2.05) is 0 Å². The highest BCUT2D eigenvalue weighted by molar-refractivity contribution is 5.29. The average molecular weight is 391 g/mol. The van der Waals surface area contributed by atoms with Crippen LogP contribution in [0.4, 0.5) is 0 Å². The maximum absolute atomic E-state index is 11.3. The molecule has 0 bridgehead atoms. The fourth-order valence-electron chi connectivity index (χ4n) is 8.23. The van der Waals surface area contributed by atoms with Gasteiger partial charge >= 0.3 is 0 Å². The van der Waals surface area contributed by atoms with Crippen molar-refractivity contribution in [3.8, 4) is 0 Å². The molecular weight excluding hydrogens is 356 g/mol. The van der Waals surface area contributed by atoms with Crippen molar-refractivity contribution in [2.75, 3.05) is 26.4 Å². The van der Waals surface area contributed by atoms with Gasteiger partial charge in [0.15, 0.2) is 11.6 Å². The summed E-state index contributed by atoms with van der Waals surface area (Å²) in [5, 5.41) is 11.3. The summed E-state index contributed by atoms with van der Waals surface area (Å²) in [5.41, 5.74) is 1.54. The molecule has 28 heavy (non-hydrogen) atoms. The van der Waals surface area contributed by atoms with Crippen LogP contribution in [0.25, 0.3) is 0 Å². The predicted octanol–water partition coefficient (Wildman–Crippen LogP) is 3.41. The summed E-state index contributed by atoms with van der Waals surface area (Å²) in [7, 11) is 0. The molecule has 0 aromatic rings. The fraction of sp³-hybridized carbons (Fsp3) is 0.913. The van der Waals surface area contributed by atoms with Crippen LogP contribution in [0, 0.1) is 28.6 Å². The van der Waals surface area contributed by atoms with E-state index in [1.165, 1.54) is 5.57 Å². The Morgan fingerprint density at radius 1 is 0.857 bits per heavy atom. The number of ether oxygens (including phenoxy) is 4. The van der Waals surface area contributed by atoms with Crippen molar-refractivity contribution in [3.63, 3.8) is 0 Å². The van der Waals surface area contributed by atoms with Gasteiger partial charge in [-0.1, -0.05) is 25.5 Å². The monoisotopic (exact) mass is 390 g/mol. The molecule has 6 atom stereocenters. The van der Waals surface area contributed by atoms with Gasteiger partial charge in [-0.25, -0.2) is 0 Å². The quantitative estimate of drug-likeness (QED) is 0.643. The Morgan fingerprint density at radius 3 is 2.29 bits per heavy atom. The molecule has 2 saturated heterocycles. The third kappa shape index (κ3) is 2.15. The molecule has 6 rings (SSSR count). The molecule has 5 fully saturated rings. The van der Waals surface area contributed by atoms with E-state index in [0.29, 0.717) is 44.2 Å². The van der Waals surface area contributed by atoms with Gasteiger partial charge in [-0.2, -0.15) is 0 Å². The summed E-state index contributed by atoms with van der Waals surface area (Å²) in [6, 6.07) is 0. The zero-order valence-electron chi connectivity index (χ0n) is 17.2. The second kappa shape index (κ2) is 5.82. The Hall–Kier alpha value is -0.460. The van der Waals surface area contributed by atoms with Crippen LogP contribution in [0.3, 0.4) is 0 Å². The molecule has 3 unspecified atom stereocenters. The molecule has 4 aliphatic carbocycles. The zero-order valence-corrected chi connectivity index (χ0v) is 17.2. The maximum atomic E-state index is 11.3. The summed E-state index contributed by atoms with van der Waals surface area (Å²) in [6.45, 7) is 7.63. The number of rotatable bonds is 0. The highest BCUT2D eigenvalue weighted by atomic mass is 16.7. The normalized spacial score (nSPS) is 51.0. The SMILES string of the molecule is C[C@]12CCC3(CC1=C[C@H](O)C1C2CC[C@@]2(C)C1CCC21OCCO1)OCCO3. The average Bonchev–Trinajstić information content (AvgIpc) is 3.39. The van der Waals surface area contributed by atoms with E-state index in [0.717, 1.165) is 44.9 Å². The number of aliphatic hydroxyl groups is 1. The first-order chi connectivity index (χ1) is 13.4. The Labute approximate surface area is 167 Å². The van der Waals surface area contributed by atoms with Crippen LogP contribution in [-0.4, -0.2) is 49.2 Å². The van der Waals surface area contributed by atoms with Crippen LogP contribution in [0.15, 0.2) is 11.6 Å². The summed E-state index contributed by atoms with van der Waals surface area (Å²) < 4.78 is 24.5. The molecule has 0 amide bonds. The van der Waals surface area contributed by atoms with E-state index in [-0.39, 0.29) is 16.9 Å². The lowest BCUT2D eigenvalue weighted by Gasteiger charge is -2.60. The first-order valence-electron chi connectivity index (χ1n) is 11.4. The summed E-state index contributed by atoms with van der Waals surface area (Å²) in [5.74, 6) is 0.457. The highest BCUT2D eigenvalue weighted by Gasteiger charge is 2.68. The third-order valence-corrected chi connectivity index (χ3v) is 9.75. The fourth-order valence-corrected chi connectivity index (χ4v) is 8.23. The molecule has 2 aliphatic heterocycles. The zero-order chi connectivity index (χ0) is 19.2. The molecule has 0 aromatic heterocycles. The summed E-state index contributed by atoms with van der Waals surface area (Å²) in [6.07, 6.45) is 9.03. The van der Waals surface area contributed by atoms with Gasteiger partial charge in [-0.05, 0) is 48.9 Å². The molecular formula is C23H34O5. The minimum Gasteiger partial charge on any atom is -0.389 e. The van der Waals surface area contributed by atoms with E-state index in [1.54, 1.807) is 0 Å². The lowest BCUT2D eigenvalue weighted by Crippen LogP contribution is -2.58. The van der Waals surface area contributed by atoms with Crippen molar-refractivity contribution in [3.05, 3.63) is 11.6 Å².